The second kappa shape index (κ2) is 8.89. The van der Waals surface area contributed by atoms with Crippen LogP contribution in [-0.2, 0) is 13.1 Å². The van der Waals surface area contributed by atoms with Crippen molar-refractivity contribution in [2.24, 2.45) is 0 Å². The summed E-state index contributed by atoms with van der Waals surface area (Å²) in [7, 11) is 3.26. The summed E-state index contributed by atoms with van der Waals surface area (Å²) in [5.41, 5.74) is 3.53. The minimum absolute atomic E-state index is 0.620. The highest BCUT2D eigenvalue weighted by Gasteiger charge is 2.05. The molecule has 0 atom stereocenters. The molecule has 0 saturated heterocycles. The van der Waals surface area contributed by atoms with Crippen molar-refractivity contribution in [3.8, 4) is 11.5 Å². The van der Waals surface area contributed by atoms with Crippen LogP contribution in [-0.4, -0.2) is 24.2 Å². The lowest BCUT2D eigenvalue weighted by molar-refractivity contribution is 0.354. The molecular weight excluding hydrogens is 340 g/mol. The second-order valence-electron chi connectivity index (χ2n) is 6.17. The number of hydrogen-bond acceptors (Lipinski definition) is 6. The van der Waals surface area contributed by atoms with E-state index in [1.165, 1.54) is 11.1 Å². The quantitative estimate of drug-likeness (QED) is 0.629. The lowest BCUT2D eigenvalue weighted by atomic mass is 10.1. The highest BCUT2D eigenvalue weighted by atomic mass is 16.5. The largest absolute Gasteiger partial charge is 0.493 e. The average Bonchev–Trinajstić information content (AvgIpc) is 2.71. The summed E-state index contributed by atoms with van der Waals surface area (Å²) in [5, 5.41) is 6.64. The number of anilines is 2. The zero-order chi connectivity index (χ0) is 19.1. The van der Waals surface area contributed by atoms with E-state index in [1.54, 1.807) is 20.5 Å². The molecule has 6 nitrogen and oxygen atoms in total. The predicted octanol–water partition coefficient (Wildman–Crippen LogP) is 4.03. The number of nitrogens with zero attached hydrogens (tertiary/aromatic N) is 2. The molecule has 1 aromatic heterocycles. The molecule has 3 rings (SSSR count). The molecule has 0 fully saturated rings. The van der Waals surface area contributed by atoms with Gasteiger partial charge < -0.3 is 20.1 Å². The number of methoxy groups -OCH3 is 2. The van der Waals surface area contributed by atoms with Crippen molar-refractivity contribution in [2.45, 2.75) is 20.0 Å². The van der Waals surface area contributed by atoms with Gasteiger partial charge in [-0.05, 0) is 30.2 Å². The van der Waals surface area contributed by atoms with Gasteiger partial charge in [0, 0.05) is 19.2 Å². The lowest BCUT2D eigenvalue weighted by Crippen LogP contribution is -2.05. The van der Waals surface area contributed by atoms with Crippen molar-refractivity contribution in [1.82, 2.24) is 9.97 Å². The highest BCUT2D eigenvalue weighted by Crippen LogP contribution is 2.27. The first-order valence-corrected chi connectivity index (χ1v) is 8.74. The Morgan fingerprint density at radius 3 is 2.07 bits per heavy atom. The van der Waals surface area contributed by atoms with Crippen molar-refractivity contribution < 1.29 is 9.47 Å². The number of rotatable bonds is 8. The van der Waals surface area contributed by atoms with Crippen LogP contribution in [0.25, 0.3) is 0 Å². The van der Waals surface area contributed by atoms with Gasteiger partial charge >= 0.3 is 0 Å². The van der Waals surface area contributed by atoms with Gasteiger partial charge in [-0.1, -0.05) is 35.9 Å². The molecule has 0 unspecified atom stereocenters. The van der Waals surface area contributed by atoms with Crippen LogP contribution in [0.1, 0.15) is 16.7 Å². The van der Waals surface area contributed by atoms with E-state index < -0.39 is 0 Å². The molecular formula is C21H24N4O2. The summed E-state index contributed by atoms with van der Waals surface area (Å²) >= 11 is 0. The fourth-order valence-electron chi connectivity index (χ4n) is 2.75. The van der Waals surface area contributed by atoms with Crippen molar-refractivity contribution in [2.75, 3.05) is 24.9 Å². The summed E-state index contributed by atoms with van der Waals surface area (Å²) < 4.78 is 10.6. The van der Waals surface area contributed by atoms with Crippen LogP contribution in [0.5, 0.6) is 11.5 Å². The maximum atomic E-state index is 5.34. The van der Waals surface area contributed by atoms with Crippen LogP contribution in [0.15, 0.2) is 54.9 Å². The zero-order valence-corrected chi connectivity index (χ0v) is 15.8. The predicted molar refractivity (Wildman–Crippen MR) is 107 cm³/mol. The van der Waals surface area contributed by atoms with Crippen LogP contribution >= 0.6 is 0 Å². The molecule has 0 saturated carbocycles. The van der Waals surface area contributed by atoms with Crippen LogP contribution in [0.2, 0.25) is 0 Å². The van der Waals surface area contributed by atoms with Gasteiger partial charge in [-0.25, -0.2) is 9.97 Å². The van der Waals surface area contributed by atoms with Crippen LogP contribution in [0.4, 0.5) is 11.6 Å². The Labute approximate surface area is 159 Å². The normalized spacial score (nSPS) is 10.3. The van der Waals surface area contributed by atoms with Gasteiger partial charge in [0.1, 0.15) is 18.0 Å². The fraction of sp³-hybridized carbons (Fsp3) is 0.238. The molecule has 0 aliphatic heterocycles. The Morgan fingerprint density at radius 2 is 1.44 bits per heavy atom. The van der Waals surface area contributed by atoms with Gasteiger partial charge in [0.05, 0.1) is 14.2 Å². The first-order chi connectivity index (χ1) is 13.2. The van der Waals surface area contributed by atoms with Gasteiger partial charge in [-0.2, -0.15) is 0 Å². The number of benzene rings is 2. The maximum Gasteiger partial charge on any atom is 0.161 e. The number of hydrogen-bond donors (Lipinski definition) is 2. The first kappa shape index (κ1) is 18.5. The molecule has 0 radical (unpaired) electrons. The minimum Gasteiger partial charge on any atom is -0.493 e. The molecule has 2 aromatic carbocycles. The van der Waals surface area contributed by atoms with Crippen molar-refractivity contribution in [3.05, 3.63) is 71.5 Å². The SMILES string of the molecule is COc1ccc(CNc2cc(NCc3cccc(C)c3)ncn2)cc1OC. The summed E-state index contributed by atoms with van der Waals surface area (Å²) in [6.45, 7) is 3.42. The molecule has 0 aliphatic carbocycles. The molecule has 0 aliphatic rings. The average molecular weight is 364 g/mol. The third-order valence-electron chi connectivity index (χ3n) is 4.14. The van der Waals surface area contributed by atoms with Gasteiger partial charge in [-0.15, -0.1) is 0 Å². The second-order valence-corrected chi connectivity index (χ2v) is 6.17. The maximum absolute atomic E-state index is 5.34. The van der Waals surface area contributed by atoms with Crippen molar-refractivity contribution >= 4 is 11.6 Å². The molecule has 0 bridgehead atoms. The Hall–Kier alpha value is -3.28. The van der Waals surface area contributed by atoms with Gasteiger partial charge in [-0.3, -0.25) is 0 Å². The number of aryl methyl sites for hydroxylation is 1. The van der Waals surface area contributed by atoms with E-state index in [2.05, 4.69) is 51.8 Å². The van der Waals surface area contributed by atoms with Gasteiger partial charge in [0.2, 0.25) is 0 Å². The summed E-state index contributed by atoms with van der Waals surface area (Å²) in [6, 6.07) is 16.1. The molecule has 140 valence electrons. The van der Waals surface area contributed by atoms with Crippen molar-refractivity contribution in [1.29, 1.82) is 0 Å². The van der Waals surface area contributed by atoms with E-state index in [0.717, 1.165) is 17.2 Å². The van der Waals surface area contributed by atoms with E-state index >= 15 is 0 Å². The topological polar surface area (TPSA) is 68.3 Å². The smallest absolute Gasteiger partial charge is 0.161 e. The van der Waals surface area contributed by atoms with Gasteiger partial charge in [0.15, 0.2) is 11.5 Å². The van der Waals surface area contributed by atoms with Crippen molar-refractivity contribution in [3.63, 3.8) is 0 Å². The zero-order valence-electron chi connectivity index (χ0n) is 15.8. The molecule has 27 heavy (non-hydrogen) atoms. The molecule has 6 heteroatoms. The minimum atomic E-state index is 0.620. The molecule has 1 heterocycles. The van der Waals surface area contributed by atoms with Gasteiger partial charge in [0.25, 0.3) is 0 Å². The molecule has 2 N–H and O–H groups in total. The molecule has 0 amide bonds. The third-order valence-corrected chi connectivity index (χ3v) is 4.14. The highest BCUT2D eigenvalue weighted by molar-refractivity contribution is 5.48. The number of aromatic nitrogens is 2. The fourth-order valence-corrected chi connectivity index (χ4v) is 2.75. The van der Waals surface area contributed by atoms with E-state index in [4.69, 9.17) is 9.47 Å². The standard InChI is InChI=1S/C21H24N4O2/c1-15-5-4-6-16(9-15)12-22-20-11-21(25-14-24-20)23-13-17-7-8-18(26-2)19(10-17)27-3/h4-11,14H,12-13H2,1-3H3,(H2,22,23,24,25). The van der Waals surface area contributed by atoms with E-state index in [9.17, 15) is 0 Å². The Bertz CT molecular complexity index is 899. The Kier molecular flexibility index (Phi) is 6.10. The van der Waals surface area contributed by atoms with Crippen LogP contribution in [0, 0.1) is 6.92 Å². The number of nitrogens with one attached hydrogen (secondary N) is 2. The molecule has 0 spiro atoms. The Morgan fingerprint density at radius 1 is 0.778 bits per heavy atom. The van der Waals surface area contributed by atoms with Crippen LogP contribution < -0.4 is 20.1 Å². The van der Waals surface area contributed by atoms with E-state index in [1.807, 2.05) is 24.3 Å². The van der Waals surface area contributed by atoms with E-state index in [-0.39, 0.29) is 0 Å². The summed E-state index contributed by atoms with van der Waals surface area (Å²) in [4.78, 5) is 8.56. The monoisotopic (exact) mass is 364 g/mol. The summed E-state index contributed by atoms with van der Waals surface area (Å²) in [5.74, 6) is 2.96. The molecule has 3 aromatic rings. The number of ether oxygens (including phenoxy) is 2. The first-order valence-electron chi connectivity index (χ1n) is 8.74. The van der Waals surface area contributed by atoms with E-state index in [0.29, 0.717) is 24.6 Å². The summed E-state index contributed by atoms with van der Waals surface area (Å²) in [6.07, 6.45) is 1.55. The third kappa shape index (κ3) is 5.10. The Balaban J connectivity index is 1.60. The van der Waals surface area contributed by atoms with Crippen LogP contribution in [0.3, 0.4) is 0 Å². The lowest BCUT2D eigenvalue weighted by Gasteiger charge is -2.11.